The molecule has 0 aliphatic rings. The first-order valence-electron chi connectivity index (χ1n) is 6.65. The molecule has 15 heteroatoms. The molecule has 0 aromatic heterocycles. The lowest BCUT2D eigenvalue weighted by atomic mass is 10.3. The Labute approximate surface area is 147 Å². The van der Waals surface area contributed by atoms with E-state index in [-0.39, 0.29) is 0 Å². The van der Waals surface area contributed by atoms with Crippen molar-refractivity contribution in [2.75, 3.05) is 0 Å². The molecule has 0 amide bonds. The normalized spacial score (nSPS) is 11.0. The monoisotopic (exact) mass is 398 g/mol. The van der Waals surface area contributed by atoms with Crippen LogP contribution >= 0.6 is 7.37 Å². The first-order chi connectivity index (χ1) is 12.4. The third kappa shape index (κ3) is 3.91. The quantitative estimate of drug-likeness (QED) is 0.421. The fraction of sp³-hybridized carbons (Fsp3) is 0. The van der Waals surface area contributed by atoms with Gasteiger partial charge < -0.3 is 4.89 Å². The molecule has 0 radical (unpaired) electrons. The third-order valence-corrected chi connectivity index (χ3v) is 5.23. The van der Waals surface area contributed by atoms with Crippen LogP contribution < -0.4 is 10.6 Å². The van der Waals surface area contributed by atoms with Crippen molar-refractivity contribution < 1.29 is 29.2 Å². The van der Waals surface area contributed by atoms with Crippen LogP contribution in [0.4, 0.5) is 22.7 Å². The summed E-state index contributed by atoms with van der Waals surface area (Å²) in [6.45, 7) is 0. The maximum atomic E-state index is 12.8. The molecule has 140 valence electrons. The van der Waals surface area contributed by atoms with Crippen LogP contribution in [0.1, 0.15) is 0 Å². The van der Waals surface area contributed by atoms with Crippen LogP contribution in [0.3, 0.4) is 0 Å². The highest BCUT2D eigenvalue weighted by Crippen LogP contribution is 2.42. The number of non-ortho nitro benzene ring substituents is 4. The second kappa shape index (κ2) is 6.86. The number of rotatable bonds is 6. The minimum atomic E-state index is -4.88. The van der Waals surface area contributed by atoms with Gasteiger partial charge in [-0.25, -0.2) is 0 Å². The minimum Gasteiger partial charge on any atom is -0.338 e. The maximum Gasteiger partial charge on any atom is 0.277 e. The zero-order valence-corrected chi connectivity index (χ0v) is 13.7. The minimum absolute atomic E-state index is 0.555. The lowest BCUT2D eigenvalue weighted by molar-refractivity contribution is -0.394. The summed E-state index contributed by atoms with van der Waals surface area (Å²) in [6.07, 6.45) is 0. The number of nitrogens with zero attached hydrogens (tertiary/aromatic N) is 4. The van der Waals surface area contributed by atoms with E-state index in [1.165, 1.54) is 0 Å². The number of benzene rings is 2. The van der Waals surface area contributed by atoms with Crippen LogP contribution in [0.15, 0.2) is 36.4 Å². The van der Waals surface area contributed by atoms with Gasteiger partial charge in [0, 0.05) is 24.3 Å². The lowest BCUT2D eigenvalue weighted by Crippen LogP contribution is -2.17. The molecule has 14 nitrogen and oxygen atoms in total. The van der Waals surface area contributed by atoms with E-state index in [1.807, 2.05) is 0 Å². The van der Waals surface area contributed by atoms with Crippen molar-refractivity contribution in [3.63, 3.8) is 0 Å². The molecule has 0 heterocycles. The average molecular weight is 398 g/mol. The Kier molecular flexibility index (Phi) is 4.96. The number of nitro groups is 4. The summed E-state index contributed by atoms with van der Waals surface area (Å²) in [5.74, 6) is 0. The summed E-state index contributed by atoms with van der Waals surface area (Å²) in [7, 11) is -4.88. The molecule has 0 unspecified atom stereocenters. The van der Waals surface area contributed by atoms with E-state index >= 15 is 0 Å². The van der Waals surface area contributed by atoms with E-state index in [2.05, 4.69) is 0 Å². The topological polar surface area (TPSA) is 210 Å². The largest absolute Gasteiger partial charge is 0.338 e. The van der Waals surface area contributed by atoms with Gasteiger partial charge in [0.2, 0.25) is 0 Å². The molecule has 27 heavy (non-hydrogen) atoms. The van der Waals surface area contributed by atoms with Crippen molar-refractivity contribution in [3.05, 3.63) is 76.9 Å². The van der Waals surface area contributed by atoms with E-state index < -0.39 is 60.4 Å². The molecule has 2 rings (SSSR count). The Bertz CT molecular complexity index is 908. The van der Waals surface area contributed by atoms with Gasteiger partial charge in [0.1, 0.15) is 0 Å². The molecule has 0 saturated heterocycles. The van der Waals surface area contributed by atoms with Crippen LogP contribution in [-0.2, 0) is 4.57 Å². The van der Waals surface area contributed by atoms with Crippen LogP contribution in [0, 0.1) is 40.5 Å². The van der Waals surface area contributed by atoms with Crippen molar-refractivity contribution in [2.24, 2.45) is 0 Å². The number of hydrogen-bond donors (Lipinski definition) is 1. The molecule has 0 aliphatic carbocycles. The van der Waals surface area contributed by atoms with Crippen molar-refractivity contribution >= 4 is 40.7 Å². The van der Waals surface area contributed by atoms with Gasteiger partial charge in [0.15, 0.2) is 0 Å². The van der Waals surface area contributed by atoms with E-state index in [9.17, 15) is 49.9 Å². The molecule has 1 N–H and O–H groups in total. The van der Waals surface area contributed by atoms with Gasteiger partial charge in [-0.15, -0.1) is 0 Å². The molecule has 0 spiro atoms. The standard InChI is InChI=1S/C12H7N4O10P/c17-13(18)7-1-8(14(19)20)4-11(3-7)27(25,26)12-5-9(15(21)22)2-10(6-12)16(23)24/h1-6H,(H,25,26). The first kappa shape index (κ1) is 19.6. The SMILES string of the molecule is O=[N+]([O-])c1cc([N+](=O)[O-])cc(P(=O)(O)c2cc([N+](=O)[O-])cc([N+](=O)[O-])c2)c1. The molecule has 0 atom stereocenters. The Balaban J connectivity index is 2.77. The zero-order valence-electron chi connectivity index (χ0n) is 12.8. The van der Waals surface area contributed by atoms with Crippen LogP contribution in [0.25, 0.3) is 0 Å². The van der Waals surface area contributed by atoms with E-state index in [1.54, 1.807) is 0 Å². The number of hydrogen-bond acceptors (Lipinski definition) is 9. The lowest BCUT2D eigenvalue weighted by Gasteiger charge is -2.12. The molecule has 2 aromatic rings. The zero-order chi connectivity index (χ0) is 20.5. The Morgan fingerprint density at radius 2 is 0.815 bits per heavy atom. The van der Waals surface area contributed by atoms with Crippen LogP contribution in [0.2, 0.25) is 0 Å². The second-order valence-electron chi connectivity index (χ2n) is 5.02. The average Bonchev–Trinajstić information content (AvgIpc) is 2.60. The highest BCUT2D eigenvalue weighted by Gasteiger charge is 2.32. The Morgan fingerprint density at radius 1 is 0.593 bits per heavy atom. The van der Waals surface area contributed by atoms with Crippen LogP contribution in [0.5, 0.6) is 0 Å². The second-order valence-corrected chi connectivity index (χ2v) is 7.20. The third-order valence-electron chi connectivity index (χ3n) is 3.32. The molecular weight excluding hydrogens is 391 g/mol. The van der Waals surface area contributed by atoms with E-state index in [4.69, 9.17) is 0 Å². The Hall–Kier alpha value is -3.77. The predicted molar refractivity (Wildman–Crippen MR) is 88.6 cm³/mol. The summed E-state index contributed by atoms with van der Waals surface area (Å²) in [5, 5.41) is 42.1. The summed E-state index contributed by atoms with van der Waals surface area (Å²) < 4.78 is 12.8. The van der Waals surface area contributed by atoms with Crippen molar-refractivity contribution in [3.8, 4) is 0 Å². The van der Waals surface area contributed by atoms with E-state index in [0.717, 1.165) is 0 Å². The van der Waals surface area contributed by atoms with Gasteiger partial charge in [-0.3, -0.25) is 45.0 Å². The summed E-state index contributed by atoms with van der Waals surface area (Å²) in [4.78, 5) is 49.9. The summed E-state index contributed by atoms with van der Waals surface area (Å²) >= 11 is 0. The van der Waals surface area contributed by atoms with Crippen LogP contribution in [-0.4, -0.2) is 24.6 Å². The molecule has 0 bridgehead atoms. The van der Waals surface area contributed by atoms with Gasteiger partial charge in [-0.2, -0.15) is 0 Å². The predicted octanol–water partition coefficient (Wildman–Crippen LogP) is 1.54. The molecular formula is C12H7N4O10P. The van der Waals surface area contributed by atoms with Gasteiger partial charge in [-0.1, -0.05) is 0 Å². The van der Waals surface area contributed by atoms with Crippen molar-refractivity contribution in [1.82, 2.24) is 0 Å². The van der Waals surface area contributed by atoms with E-state index in [0.29, 0.717) is 36.4 Å². The molecule has 0 saturated carbocycles. The Morgan fingerprint density at radius 3 is 1.00 bits per heavy atom. The van der Waals surface area contributed by atoms with Gasteiger partial charge >= 0.3 is 0 Å². The molecule has 2 aromatic carbocycles. The maximum absolute atomic E-state index is 12.8. The fourth-order valence-corrected chi connectivity index (χ4v) is 3.61. The van der Waals surface area contributed by atoms with Gasteiger partial charge in [0.05, 0.1) is 42.4 Å². The van der Waals surface area contributed by atoms with Crippen molar-refractivity contribution in [2.45, 2.75) is 0 Å². The molecule has 0 fully saturated rings. The highest BCUT2D eigenvalue weighted by molar-refractivity contribution is 7.73. The summed E-state index contributed by atoms with van der Waals surface area (Å²) in [5.41, 5.74) is -3.47. The first-order valence-corrected chi connectivity index (χ1v) is 8.31. The highest BCUT2D eigenvalue weighted by atomic mass is 31.2. The van der Waals surface area contributed by atoms with Gasteiger partial charge in [0.25, 0.3) is 30.1 Å². The smallest absolute Gasteiger partial charge is 0.277 e. The number of nitro benzene ring substituents is 4. The fourth-order valence-electron chi connectivity index (χ4n) is 2.08. The van der Waals surface area contributed by atoms with Gasteiger partial charge in [-0.05, 0) is 0 Å². The molecule has 0 aliphatic heterocycles. The summed E-state index contributed by atoms with van der Waals surface area (Å²) in [6, 6.07) is 3.44. The van der Waals surface area contributed by atoms with Crippen molar-refractivity contribution in [1.29, 1.82) is 0 Å².